The lowest BCUT2D eigenvalue weighted by Crippen LogP contribution is -2.40. The zero-order chi connectivity index (χ0) is 11.1. The molecular formula is C10H17N3OS. The Hall–Kier alpha value is -1.10. The minimum atomic E-state index is 0.0107. The Bertz CT molecular complexity index is 283. The highest BCUT2D eigenvalue weighted by molar-refractivity contribution is 7.09. The van der Waals surface area contributed by atoms with E-state index in [-0.39, 0.29) is 6.03 Å². The van der Waals surface area contributed by atoms with Crippen LogP contribution in [0.2, 0.25) is 0 Å². The first-order valence-electron chi connectivity index (χ1n) is 5.19. The van der Waals surface area contributed by atoms with Crippen LogP contribution in [0.4, 0.5) is 4.79 Å². The second-order valence-corrected chi connectivity index (χ2v) is 4.06. The molecule has 84 valence electrons. The van der Waals surface area contributed by atoms with Gasteiger partial charge in [0.05, 0.1) is 5.01 Å². The maximum Gasteiger partial charge on any atom is 0.317 e. The minimum Gasteiger partial charge on any atom is -0.338 e. The largest absolute Gasteiger partial charge is 0.338 e. The van der Waals surface area contributed by atoms with Gasteiger partial charge in [-0.1, -0.05) is 0 Å². The third-order valence-corrected chi connectivity index (χ3v) is 2.99. The Kier molecular flexibility index (Phi) is 5.10. The van der Waals surface area contributed by atoms with Crippen LogP contribution in [0.3, 0.4) is 0 Å². The molecule has 0 unspecified atom stereocenters. The van der Waals surface area contributed by atoms with Gasteiger partial charge in [-0.05, 0) is 13.8 Å². The van der Waals surface area contributed by atoms with Crippen molar-refractivity contribution in [3.63, 3.8) is 0 Å². The molecule has 2 amide bonds. The van der Waals surface area contributed by atoms with Crippen LogP contribution in [-0.4, -0.2) is 35.5 Å². The van der Waals surface area contributed by atoms with E-state index in [1.165, 1.54) is 0 Å². The van der Waals surface area contributed by atoms with Gasteiger partial charge in [-0.3, -0.25) is 0 Å². The third kappa shape index (κ3) is 3.87. The Morgan fingerprint density at radius 1 is 1.53 bits per heavy atom. The second-order valence-electron chi connectivity index (χ2n) is 3.08. The topological polar surface area (TPSA) is 45.2 Å². The lowest BCUT2D eigenvalue weighted by Gasteiger charge is -2.18. The van der Waals surface area contributed by atoms with Gasteiger partial charge >= 0.3 is 6.03 Å². The number of nitrogens with zero attached hydrogens (tertiary/aromatic N) is 2. The lowest BCUT2D eigenvalue weighted by atomic mass is 10.4. The van der Waals surface area contributed by atoms with Crippen molar-refractivity contribution in [3.8, 4) is 0 Å². The number of urea groups is 1. The molecule has 1 N–H and O–H groups in total. The van der Waals surface area contributed by atoms with Gasteiger partial charge < -0.3 is 10.2 Å². The summed E-state index contributed by atoms with van der Waals surface area (Å²) in [6.07, 6.45) is 2.59. The summed E-state index contributed by atoms with van der Waals surface area (Å²) < 4.78 is 0. The molecule has 4 nitrogen and oxygen atoms in total. The highest BCUT2D eigenvalue weighted by Gasteiger charge is 2.07. The molecule has 1 aromatic heterocycles. The fourth-order valence-corrected chi connectivity index (χ4v) is 1.90. The van der Waals surface area contributed by atoms with E-state index in [9.17, 15) is 4.79 Å². The predicted molar refractivity (Wildman–Crippen MR) is 62.1 cm³/mol. The number of aromatic nitrogens is 1. The summed E-state index contributed by atoms with van der Waals surface area (Å²) in [6, 6.07) is 0.0107. The van der Waals surface area contributed by atoms with Crippen molar-refractivity contribution >= 4 is 17.4 Å². The molecule has 0 aliphatic rings. The quantitative estimate of drug-likeness (QED) is 0.832. The zero-order valence-corrected chi connectivity index (χ0v) is 10.0. The minimum absolute atomic E-state index is 0.0107. The normalized spacial score (nSPS) is 10.0. The smallest absolute Gasteiger partial charge is 0.317 e. The van der Waals surface area contributed by atoms with Crippen molar-refractivity contribution in [3.05, 3.63) is 16.6 Å². The van der Waals surface area contributed by atoms with Gasteiger partial charge in [0.1, 0.15) is 0 Å². The highest BCUT2D eigenvalue weighted by atomic mass is 32.1. The molecule has 0 radical (unpaired) electrons. The fraction of sp³-hybridized carbons (Fsp3) is 0.600. The number of thiazole rings is 1. The van der Waals surface area contributed by atoms with Gasteiger partial charge in [-0.15, -0.1) is 11.3 Å². The number of carbonyl (C=O) groups excluding carboxylic acids is 1. The number of amides is 2. The van der Waals surface area contributed by atoms with Crippen molar-refractivity contribution in [1.82, 2.24) is 15.2 Å². The predicted octanol–water partition coefficient (Wildman–Crippen LogP) is 1.74. The Balaban J connectivity index is 2.22. The number of carbonyl (C=O) groups is 1. The molecule has 15 heavy (non-hydrogen) atoms. The van der Waals surface area contributed by atoms with Crippen LogP contribution in [-0.2, 0) is 6.42 Å². The van der Waals surface area contributed by atoms with E-state index in [2.05, 4.69) is 10.3 Å². The average Bonchev–Trinajstić information content (AvgIpc) is 2.72. The van der Waals surface area contributed by atoms with Crippen LogP contribution in [0.15, 0.2) is 11.6 Å². The summed E-state index contributed by atoms with van der Waals surface area (Å²) in [5.41, 5.74) is 0. The first-order valence-corrected chi connectivity index (χ1v) is 6.07. The van der Waals surface area contributed by atoms with Crippen LogP contribution < -0.4 is 5.32 Å². The van der Waals surface area contributed by atoms with Crippen LogP contribution in [0, 0.1) is 0 Å². The monoisotopic (exact) mass is 227 g/mol. The van der Waals surface area contributed by atoms with Crippen LogP contribution in [0.5, 0.6) is 0 Å². The van der Waals surface area contributed by atoms with E-state index in [1.54, 1.807) is 22.4 Å². The summed E-state index contributed by atoms with van der Waals surface area (Å²) in [7, 11) is 0. The average molecular weight is 227 g/mol. The molecule has 1 aromatic rings. The maximum atomic E-state index is 11.5. The van der Waals surface area contributed by atoms with Crippen LogP contribution in [0.25, 0.3) is 0 Å². The first-order chi connectivity index (χ1) is 7.27. The van der Waals surface area contributed by atoms with Crippen molar-refractivity contribution in [1.29, 1.82) is 0 Å². The van der Waals surface area contributed by atoms with Gasteiger partial charge in [-0.2, -0.15) is 0 Å². The number of hydrogen-bond donors (Lipinski definition) is 1. The standard InChI is InChI=1S/C10H17N3OS/c1-3-13(4-2)10(14)12-6-5-9-11-7-8-15-9/h7-8H,3-6H2,1-2H3,(H,12,14). The van der Waals surface area contributed by atoms with E-state index in [0.29, 0.717) is 6.54 Å². The molecule has 0 saturated heterocycles. The molecule has 0 fully saturated rings. The van der Waals surface area contributed by atoms with Crippen LogP contribution >= 0.6 is 11.3 Å². The second kappa shape index (κ2) is 6.40. The maximum absolute atomic E-state index is 11.5. The van der Waals surface area contributed by atoms with Gasteiger partial charge in [-0.25, -0.2) is 9.78 Å². The van der Waals surface area contributed by atoms with E-state index in [4.69, 9.17) is 0 Å². The lowest BCUT2D eigenvalue weighted by molar-refractivity contribution is 0.203. The molecule has 0 bridgehead atoms. The van der Waals surface area contributed by atoms with Gasteiger partial charge in [0, 0.05) is 37.6 Å². The van der Waals surface area contributed by atoms with E-state index in [0.717, 1.165) is 24.5 Å². The SMILES string of the molecule is CCN(CC)C(=O)NCCc1nccs1. The van der Waals surface area contributed by atoms with E-state index in [1.807, 2.05) is 19.2 Å². The third-order valence-electron chi connectivity index (χ3n) is 2.15. The molecule has 0 saturated carbocycles. The fourth-order valence-electron chi connectivity index (χ4n) is 1.28. The van der Waals surface area contributed by atoms with Gasteiger partial charge in [0.2, 0.25) is 0 Å². The molecule has 0 spiro atoms. The van der Waals surface area contributed by atoms with Gasteiger partial charge in [0.15, 0.2) is 0 Å². The molecule has 0 aliphatic carbocycles. The van der Waals surface area contributed by atoms with Crippen LogP contribution in [0.1, 0.15) is 18.9 Å². The molecule has 1 heterocycles. The molecule has 1 rings (SSSR count). The zero-order valence-electron chi connectivity index (χ0n) is 9.19. The first kappa shape index (κ1) is 12.0. The summed E-state index contributed by atoms with van der Waals surface area (Å²) in [5.74, 6) is 0. The molecule has 5 heteroatoms. The Morgan fingerprint density at radius 2 is 2.27 bits per heavy atom. The number of nitrogens with one attached hydrogen (secondary N) is 1. The van der Waals surface area contributed by atoms with Crippen molar-refractivity contribution in [2.75, 3.05) is 19.6 Å². The summed E-state index contributed by atoms with van der Waals surface area (Å²) in [4.78, 5) is 17.4. The van der Waals surface area contributed by atoms with Gasteiger partial charge in [0.25, 0.3) is 0 Å². The molecule has 0 aliphatic heterocycles. The van der Waals surface area contributed by atoms with E-state index < -0.39 is 0 Å². The van der Waals surface area contributed by atoms with Crippen molar-refractivity contribution < 1.29 is 4.79 Å². The van der Waals surface area contributed by atoms with E-state index >= 15 is 0 Å². The number of rotatable bonds is 5. The molecular weight excluding hydrogens is 210 g/mol. The highest BCUT2D eigenvalue weighted by Crippen LogP contribution is 2.03. The summed E-state index contributed by atoms with van der Waals surface area (Å²) in [6.45, 7) is 6.11. The van der Waals surface area contributed by atoms with Crippen molar-refractivity contribution in [2.24, 2.45) is 0 Å². The molecule has 0 aromatic carbocycles. The molecule has 0 atom stereocenters. The Morgan fingerprint density at radius 3 is 2.80 bits per heavy atom. The Labute approximate surface area is 94.3 Å². The number of hydrogen-bond acceptors (Lipinski definition) is 3. The summed E-state index contributed by atoms with van der Waals surface area (Å²) >= 11 is 1.62. The summed E-state index contributed by atoms with van der Waals surface area (Å²) in [5, 5.41) is 5.89. The van der Waals surface area contributed by atoms with Crippen molar-refractivity contribution in [2.45, 2.75) is 20.3 Å².